The summed E-state index contributed by atoms with van der Waals surface area (Å²) in [5, 5.41) is 0. The fourth-order valence-corrected chi connectivity index (χ4v) is 2.30. The van der Waals surface area contributed by atoms with Crippen molar-refractivity contribution in [2.75, 3.05) is 6.54 Å². The number of nitrogens with zero attached hydrogens (tertiary/aromatic N) is 1. The van der Waals surface area contributed by atoms with E-state index in [4.69, 9.17) is 11.2 Å². The first-order valence-electron chi connectivity index (χ1n) is 6.65. The molecular weight excluding hydrogens is 226 g/mol. The van der Waals surface area contributed by atoms with Gasteiger partial charge in [0.1, 0.15) is 11.6 Å². The fourth-order valence-electron chi connectivity index (χ4n) is 2.30. The van der Waals surface area contributed by atoms with E-state index in [1.807, 2.05) is 34.6 Å². The zero-order chi connectivity index (χ0) is 14.0. The maximum atomic E-state index is 12.3. The summed E-state index contributed by atoms with van der Waals surface area (Å²) in [5.74, 6) is 2.63. The Morgan fingerprint density at radius 1 is 1.28 bits per heavy atom. The average Bonchev–Trinajstić information content (AvgIpc) is 2.27. The van der Waals surface area contributed by atoms with Gasteiger partial charge in [-0.15, -0.1) is 6.42 Å². The molecule has 0 radical (unpaired) electrons. The van der Waals surface area contributed by atoms with Crippen LogP contribution in [0.5, 0.6) is 0 Å². The second-order valence-electron chi connectivity index (χ2n) is 6.44. The van der Waals surface area contributed by atoms with Crippen molar-refractivity contribution in [3.8, 4) is 12.3 Å². The molecule has 3 nitrogen and oxygen atoms in total. The molecule has 0 saturated carbocycles. The van der Waals surface area contributed by atoms with Crippen LogP contribution < -0.4 is 0 Å². The van der Waals surface area contributed by atoms with E-state index in [-0.39, 0.29) is 12.0 Å². The molecule has 1 heterocycles. The number of rotatable bonds is 2. The Bertz CT molecular complexity index is 346. The third-order valence-corrected chi connectivity index (χ3v) is 3.25. The van der Waals surface area contributed by atoms with Crippen LogP contribution in [0.25, 0.3) is 0 Å². The summed E-state index contributed by atoms with van der Waals surface area (Å²) in [5.41, 5.74) is -0.845. The highest BCUT2D eigenvalue weighted by molar-refractivity contribution is 5.76. The smallest absolute Gasteiger partial charge is 0.323 e. The lowest BCUT2D eigenvalue weighted by Gasteiger charge is -2.43. The molecule has 1 fully saturated rings. The van der Waals surface area contributed by atoms with Gasteiger partial charge in [0.15, 0.2) is 0 Å². The molecule has 0 aliphatic carbocycles. The molecule has 18 heavy (non-hydrogen) atoms. The van der Waals surface area contributed by atoms with E-state index in [0.29, 0.717) is 0 Å². The Balaban J connectivity index is 2.84. The van der Waals surface area contributed by atoms with E-state index in [2.05, 4.69) is 10.8 Å². The number of terminal acetylenes is 1. The van der Waals surface area contributed by atoms with E-state index in [0.717, 1.165) is 25.8 Å². The van der Waals surface area contributed by atoms with E-state index in [1.54, 1.807) is 0 Å². The molecule has 0 amide bonds. The monoisotopic (exact) mass is 251 g/mol. The van der Waals surface area contributed by atoms with Gasteiger partial charge in [0.2, 0.25) is 0 Å². The molecule has 0 aromatic rings. The Morgan fingerprint density at radius 2 is 1.89 bits per heavy atom. The number of hydrogen-bond acceptors (Lipinski definition) is 3. The minimum Gasteiger partial charge on any atom is -0.459 e. The number of esters is 1. The van der Waals surface area contributed by atoms with Crippen LogP contribution >= 0.6 is 0 Å². The zero-order valence-corrected chi connectivity index (χ0v) is 12.2. The predicted octanol–water partition coefficient (Wildman–Crippen LogP) is 2.59. The van der Waals surface area contributed by atoms with Crippen LogP contribution in [0, 0.1) is 12.3 Å². The van der Waals surface area contributed by atoms with Crippen molar-refractivity contribution >= 4 is 5.97 Å². The van der Waals surface area contributed by atoms with Crippen LogP contribution in [0.4, 0.5) is 0 Å². The van der Waals surface area contributed by atoms with Crippen LogP contribution in [0.2, 0.25) is 0 Å². The first-order chi connectivity index (χ1) is 8.17. The van der Waals surface area contributed by atoms with Crippen LogP contribution in [0.3, 0.4) is 0 Å². The molecule has 1 rings (SSSR count). The molecule has 1 saturated heterocycles. The molecule has 3 heteroatoms. The molecule has 0 bridgehead atoms. The molecular formula is C15H25NO2. The standard InChI is InChI=1S/C15H25NO2/c1-7-15(5,6)16-11-9-8-10-12(16)13(17)18-14(2,3)4/h1,12H,8-11H2,2-6H3/t12-/m1/s1. The molecule has 0 aromatic carbocycles. The van der Waals surface area contributed by atoms with Gasteiger partial charge in [0.25, 0.3) is 0 Å². The minimum absolute atomic E-state index is 0.148. The summed E-state index contributed by atoms with van der Waals surface area (Å²) in [6.45, 7) is 10.5. The largest absolute Gasteiger partial charge is 0.459 e. The van der Waals surface area contributed by atoms with Crippen molar-refractivity contribution in [2.24, 2.45) is 0 Å². The Hall–Kier alpha value is -1.01. The van der Waals surface area contributed by atoms with Crippen molar-refractivity contribution in [1.82, 2.24) is 4.90 Å². The highest BCUT2D eigenvalue weighted by atomic mass is 16.6. The number of carbonyl (C=O) groups is 1. The summed E-state index contributed by atoms with van der Waals surface area (Å²) in [7, 11) is 0. The second-order valence-corrected chi connectivity index (χ2v) is 6.44. The van der Waals surface area contributed by atoms with Gasteiger partial charge in [-0.2, -0.15) is 0 Å². The lowest BCUT2D eigenvalue weighted by atomic mass is 9.93. The SMILES string of the molecule is C#CC(C)(C)N1CCCC[C@@H]1C(=O)OC(C)(C)C. The number of piperidine rings is 1. The first kappa shape index (κ1) is 15.0. The highest BCUT2D eigenvalue weighted by Crippen LogP contribution is 2.27. The average molecular weight is 251 g/mol. The molecule has 1 aliphatic rings. The first-order valence-corrected chi connectivity index (χ1v) is 6.65. The molecule has 0 spiro atoms. The van der Waals surface area contributed by atoms with Gasteiger partial charge in [-0.25, -0.2) is 0 Å². The van der Waals surface area contributed by atoms with E-state index >= 15 is 0 Å². The normalized spacial score (nSPS) is 22.3. The molecule has 1 aliphatic heterocycles. The quantitative estimate of drug-likeness (QED) is 0.558. The van der Waals surface area contributed by atoms with E-state index in [1.165, 1.54) is 0 Å². The van der Waals surface area contributed by atoms with Crippen LogP contribution in [0.1, 0.15) is 53.9 Å². The van der Waals surface area contributed by atoms with Gasteiger partial charge in [-0.1, -0.05) is 12.3 Å². The van der Waals surface area contributed by atoms with Gasteiger partial charge in [-0.05, 0) is 47.5 Å². The lowest BCUT2D eigenvalue weighted by molar-refractivity contribution is -0.164. The van der Waals surface area contributed by atoms with Crippen LogP contribution in [-0.2, 0) is 9.53 Å². The Labute approximate surface area is 111 Å². The summed E-state index contributed by atoms with van der Waals surface area (Å²) in [4.78, 5) is 14.4. The number of ether oxygens (including phenoxy) is 1. The highest BCUT2D eigenvalue weighted by Gasteiger charge is 2.38. The fraction of sp³-hybridized carbons (Fsp3) is 0.800. The summed E-state index contributed by atoms with van der Waals surface area (Å²) >= 11 is 0. The van der Waals surface area contributed by atoms with Gasteiger partial charge >= 0.3 is 5.97 Å². The zero-order valence-electron chi connectivity index (χ0n) is 12.2. The van der Waals surface area contributed by atoms with Crippen molar-refractivity contribution in [3.05, 3.63) is 0 Å². The molecule has 0 N–H and O–H groups in total. The second kappa shape index (κ2) is 5.32. The van der Waals surface area contributed by atoms with Crippen LogP contribution in [0.15, 0.2) is 0 Å². The predicted molar refractivity (Wildman–Crippen MR) is 73.1 cm³/mol. The van der Waals surface area contributed by atoms with Crippen molar-refractivity contribution < 1.29 is 9.53 Å². The summed E-state index contributed by atoms with van der Waals surface area (Å²) < 4.78 is 5.50. The van der Waals surface area contributed by atoms with E-state index < -0.39 is 11.1 Å². The molecule has 1 atom stereocenters. The van der Waals surface area contributed by atoms with Crippen molar-refractivity contribution in [2.45, 2.75) is 71.1 Å². The van der Waals surface area contributed by atoms with Gasteiger partial charge in [-0.3, -0.25) is 9.69 Å². The van der Waals surface area contributed by atoms with Crippen LogP contribution in [-0.4, -0.2) is 34.6 Å². The van der Waals surface area contributed by atoms with E-state index in [9.17, 15) is 4.79 Å². The third kappa shape index (κ3) is 3.74. The minimum atomic E-state index is -0.444. The van der Waals surface area contributed by atoms with Crippen molar-refractivity contribution in [3.63, 3.8) is 0 Å². The molecule has 102 valence electrons. The van der Waals surface area contributed by atoms with Gasteiger partial charge in [0, 0.05) is 6.54 Å². The topological polar surface area (TPSA) is 29.5 Å². The third-order valence-electron chi connectivity index (χ3n) is 3.25. The van der Waals surface area contributed by atoms with Crippen molar-refractivity contribution in [1.29, 1.82) is 0 Å². The Morgan fingerprint density at radius 3 is 2.39 bits per heavy atom. The lowest BCUT2D eigenvalue weighted by Crippen LogP contribution is -2.55. The maximum Gasteiger partial charge on any atom is 0.323 e. The summed E-state index contributed by atoms with van der Waals surface area (Å²) in [6.07, 6.45) is 8.56. The molecule has 0 unspecified atom stereocenters. The summed E-state index contributed by atoms with van der Waals surface area (Å²) in [6, 6.07) is -0.205. The number of carbonyl (C=O) groups excluding carboxylic acids is 1. The number of hydrogen-bond donors (Lipinski definition) is 0. The number of likely N-dealkylation sites (tertiary alicyclic amines) is 1. The maximum absolute atomic E-state index is 12.3. The Kier molecular flexibility index (Phi) is 4.45. The molecule has 0 aromatic heterocycles. The van der Waals surface area contributed by atoms with Gasteiger partial charge in [0.05, 0.1) is 5.54 Å². The van der Waals surface area contributed by atoms with Gasteiger partial charge < -0.3 is 4.74 Å².